The first-order valence-electron chi connectivity index (χ1n) is 8.27. The average molecular weight is 319 g/mol. The molecule has 1 aromatic heterocycles. The van der Waals surface area contributed by atoms with Crippen molar-refractivity contribution in [2.24, 2.45) is 7.05 Å². The average Bonchev–Trinajstić information content (AvgIpc) is 3.19. The summed E-state index contributed by atoms with van der Waals surface area (Å²) in [6, 6.07) is 6.21. The molecule has 4 heteroatoms. The summed E-state index contributed by atoms with van der Waals surface area (Å²) >= 11 is 0. The molecule has 1 heterocycles. The Hall–Kier alpha value is -2.62. The van der Waals surface area contributed by atoms with Crippen LogP contribution in [0.4, 0.5) is 5.69 Å². The number of fused-ring (bicyclic) bond motifs is 5. The molecule has 1 N–H and O–H groups in total. The van der Waals surface area contributed by atoms with Crippen LogP contribution < -0.4 is 5.32 Å². The predicted molar refractivity (Wildman–Crippen MR) is 95.3 cm³/mol. The van der Waals surface area contributed by atoms with Crippen LogP contribution >= 0.6 is 0 Å². The van der Waals surface area contributed by atoms with Gasteiger partial charge in [-0.15, -0.1) is 0 Å². The third-order valence-electron chi connectivity index (χ3n) is 5.04. The Bertz CT molecular complexity index is 913. The molecule has 2 aliphatic rings. The third-order valence-corrected chi connectivity index (χ3v) is 5.04. The quantitative estimate of drug-likeness (QED) is 0.848. The van der Waals surface area contributed by atoms with Crippen molar-refractivity contribution < 1.29 is 4.79 Å². The van der Waals surface area contributed by atoms with Crippen molar-refractivity contribution in [3.8, 4) is 0 Å². The second-order valence-corrected chi connectivity index (χ2v) is 6.86. The minimum absolute atomic E-state index is 0.0977. The maximum absolute atomic E-state index is 12.7. The van der Waals surface area contributed by atoms with Gasteiger partial charge in [0.25, 0.3) is 5.91 Å². The van der Waals surface area contributed by atoms with Gasteiger partial charge in [0, 0.05) is 30.8 Å². The maximum Gasteiger partial charge on any atom is 0.259 e. The lowest BCUT2D eigenvalue weighted by Gasteiger charge is -2.15. The van der Waals surface area contributed by atoms with Gasteiger partial charge in [-0.2, -0.15) is 5.10 Å². The number of anilines is 1. The van der Waals surface area contributed by atoms with E-state index in [1.54, 1.807) is 10.9 Å². The number of aryl methyl sites for hydroxylation is 2. The Morgan fingerprint density at radius 1 is 1.21 bits per heavy atom. The van der Waals surface area contributed by atoms with Crippen LogP contribution in [-0.2, 0) is 7.05 Å². The fourth-order valence-corrected chi connectivity index (χ4v) is 4.09. The molecule has 122 valence electrons. The third kappa shape index (κ3) is 2.06. The van der Waals surface area contributed by atoms with Crippen molar-refractivity contribution in [2.45, 2.75) is 32.6 Å². The Morgan fingerprint density at radius 3 is 2.62 bits per heavy atom. The number of hydrogen-bond acceptors (Lipinski definition) is 2. The second kappa shape index (κ2) is 5.20. The molecule has 0 saturated heterocycles. The standard InChI is InChI=1S/C20H21N3O/c1-11(2)18-14-8-9-15(18)19-13(14)6-5-7-17(19)21-20(24)16-10-23(4)22-12(16)3/h5-10,14-15H,1-4H3,(H,21,24). The van der Waals surface area contributed by atoms with Crippen LogP contribution in [0, 0.1) is 6.92 Å². The number of rotatable bonds is 2. The van der Waals surface area contributed by atoms with Crippen molar-refractivity contribution in [1.82, 2.24) is 9.78 Å². The van der Waals surface area contributed by atoms with E-state index in [-0.39, 0.29) is 5.91 Å². The summed E-state index contributed by atoms with van der Waals surface area (Å²) in [6.45, 7) is 6.20. The molecule has 4 nitrogen and oxygen atoms in total. The van der Waals surface area contributed by atoms with E-state index in [4.69, 9.17) is 0 Å². The Morgan fingerprint density at radius 2 is 1.96 bits per heavy atom. The van der Waals surface area contributed by atoms with Gasteiger partial charge in [-0.25, -0.2) is 0 Å². The summed E-state index contributed by atoms with van der Waals surface area (Å²) in [5.74, 6) is 0.563. The molecular formula is C20H21N3O. The SMILES string of the molecule is CC(C)=C1C2C=CC1c1c(NC(=O)c3cn(C)nc3C)cccc12. The lowest BCUT2D eigenvalue weighted by molar-refractivity contribution is 0.102. The number of carbonyl (C=O) groups is 1. The first-order chi connectivity index (χ1) is 11.5. The summed E-state index contributed by atoms with van der Waals surface area (Å²) < 4.78 is 1.67. The van der Waals surface area contributed by atoms with E-state index < -0.39 is 0 Å². The van der Waals surface area contributed by atoms with E-state index in [9.17, 15) is 4.79 Å². The second-order valence-electron chi connectivity index (χ2n) is 6.86. The van der Waals surface area contributed by atoms with Crippen molar-refractivity contribution >= 4 is 11.6 Å². The lowest BCUT2D eigenvalue weighted by Crippen LogP contribution is -2.14. The molecule has 24 heavy (non-hydrogen) atoms. The number of amides is 1. The molecule has 0 aliphatic heterocycles. The van der Waals surface area contributed by atoms with Gasteiger partial charge in [-0.3, -0.25) is 9.48 Å². The van der Waals surface area contributed by atoms with E-state index in [1.165, 1.54) is 22.3 Å². The number of aromatic nitrogens is 2. The minimum Gasteiger partial charge on any atom is -0.322 e. The molecule has 2 aliphatic carbocycles. The summed E-state index contributed by atoms with van der Waals surface area (Å²) in [7, 11) is 1.83. The first kappa shape index (κ1) is 14.9. The van der Waals surface area contributed by atoms with E-state index in [0.717, 1.165) is 11.4 Å². The Balaban J connectivity index is 1.73. The summed E-state index contributed by atoms with van der Waals surface area (Å²) in [5.41, 5.74) is 7.67. The predicted octanol–water partition coefficient (Wildman–Crippen LogP) is 4.07. The molecule has 2 atom stereocenters. The number of allylic oxidation sites excluding steroid dienone is 4. The van der Waals surface area contributed by atoms with Crippen LogP contribution in [0.3, 0.4) is 0 Å². The van der Waals surface area contributed by atoms with Crippen molar-refractivity contribution in [1.29, 1.82) is 0 Å². The summed E-state index contributed by atoms with van der Waals surface area (Å²) in [5, 5.41) is 7.37. The molecule has 2 unspecified atom stereocenters. The largest absolute Gasteiger partial charge is 0.322 e. The fourth-order valence-electron chi connectivity index (χ4n) is 4.09. The van der Waals surface area contributed by atoms with E-state index >= 15 is 0 Å². The van der Waals surface area contributed by atoms with Crippen LogP contribution in [0.2, 0.25) is 0 Å². The van der Waals surface area contributed by atoms with Gasteiger partial charge in [-0.05, 0) is 43.5 Å². The number of carbonyl (C=O) groups excluding carboxylic acids is 1. The van der Waals surface area contributed by atoms with Crippen LogP contribution in [0.1, 0.15) is 52.9 Å². The van der Waals surface area contributed by atoms with Crippen molar-refractivity contribution in [2.75, 3.05) is 5.32 Å². The van der Waals surface area contributed by atoms with Crippen molar-refractivity contribution in [3.05, 3.63) is 70.1 Å². The topological polar surface area (TPSA) is 46.9 Å². The molecular weight excluding hydrogens is 298 g/mol. The zero-order valence-corrected chi connectivity index (χ0v) is 14.4. The normalized spacial score (nSPS) is 20.4. The van der Waals surface area contributed by atoms with E-state index in [2.05, 4.69) is 42.5 Å². The molecule has 2 bridgehead atoms. The first-order valence-corrected chi connectivity index (χ1v) is 8.27. The van der Waals surface area contributed by atoms with Crippen LogP contribution in [0.5, 0.6) is 0 Å². The van der Waals surface area contributed by atoms with E-state index in [1.807, 2.05) is 26.1 Å². The van der Waals surface area contributed by atoms with Crippen LogP contribution in [-0.4, -0.2) is 15.7 Å². The van der Waals surface area contributed by atoms with Gasteiger partial charge in [0.1, 0.15) is 0 Å². The van der Waals surface area contributed by atoms with Gasteiger partial charge in [0.05, 0.1) is 11.3 Å². The highest BCUT2D eigenvalue weighted by atomic mass is 16.1. The molecule has 0 radical (unpaired) electrons. The van der Waals surface area contributed by atoms with Gasteiger partial charge in [-0.1, -0.05) is 29.9 Å². The molecule has 2 aromatic rings. The van der Waals surface area contributed by atoms with Gasteiger partial charge < -0.3 is 5.32 Å². The van der Waals surface area contributed by atoms with Crippen molar-refractivity contribution in [3.63, 3.8) is 0 Å². The Kier molecular flexibility index (Phi) is 3.23. The molecule has 1 aromatic carbocycles. The molecule has 0 spiro atoms. The van der Waals surface area contributed by atoms with Gasteiger partial charge in [0.15, 0.2) is 0 Å². The number of nitrogens with zero attached hydrogens (tertiary/aromatic N) is 2. The number of nitrogens with one attached hydrogen (secondary N) is 1. The summed E-state index contributed by atoms with van der Waals surface area (Å²) in [4.78, 5) is 12.7. The highest BCUT2D eigenvalue weighted by molar-refractivity contribution is 6.05. The zero-order valence-electron chi connectivity index (χ0n) is 14.4. The minimum atomic E-state index is -0.0977. The fraction of sp³-hybridized carbons (Fsp3) is 0.300. The van der Waals surface area contributed by atoms with E-state index in [0.29, 0.717) is 17.4 Å². The molecule has 4 rings (SSSR count). The lowest BCUT2D eigenvalue weighted by atomic mass is 9.95. The Labute approximate surface area is 141 Å². The molecule has 1 amide bonds. The number of benzene rings is 1. The summed E-state index contributed by atoms with van der Waals surface area (Å²) in [6.07, 6.45) is 6.31. The molecule has 0 saturated carbocycles. The monoisotopic (exact) mass is 319 g/mol. The highest BCUT2D eigenvalue weighted by Gasteiger charge is 2.39. The molecule has 0 fully saturated rings. The maximum atomic E-state index is 12.7. The van der Waals surface area contributed by atoms with Crippen LogP contribution in [0.25, 0.3) is 0 Å². The van der Waals surface area contributed by atoms with Gasteiger partial charge in [0.2, 0.25) is 0 Å². The smallest absolute Gasteiger partial charge is 0.259 e. The zero-order chi connectivity index (χ0) is 17.0. The van der Waals surface area contributed by atoms with Gasteiger partial charge >= 0.3 is 0 Å². The highest BCUT2D eigenvalue weighted by Crippen LogP contribution is 2.55. The number of hydrogen-bond donors (Lipinski definition) is 1. The van der Waals surface area contributed by atoms with Crippen LogP contribution in [0.15, 0.2) is 47.7 Å².